The summed E-state index contributed by atoms with van der Waals surface area (Å²) in [6.45, 7) is 4.76. The van der Waals surface area contributed by atoms with E-state index >= 15 is 0 Å². The van der Waals surface area contributed by atoms with E-state index < -0.39 is 0 Å². The minimum Gasteiger partial charge on any atom is -0.375 e. The van der Waals surface area contributed by atoms with Crippen molar-refractivity contribution in [2.45, 2.75) is 38.3 Å². The van der Waals surface area contributed by atoms with Crippen molar-refractivity contribution in [1.29, 1.82) is 0 Å². The molecule has 0 spiro atoms. The zero-order chi connectivity index (χ0) is 18.1. The summed E-state index contributed by atoms with van der Waals surface area (Å²) in [5, 5.41) is 10.7. The van der Waals surface area contributed by atoms with Crippen molar-refractivity contribution in [1.82, 2.24) is 24.6 Å². The lowest BCUT2D eigenvalue weighted by molar-refractivity contribution is -0.0553. The second-order valence-corrected chi connectivity index (χ2v) is 6.93. The van der Waals surface area contributed by atoms with E-state index in [4.69, 9.17) is 4.74 Å². The molecular formula is C17H19N7O2. The van der Waals surface area contributed by atoms with Gasteiger partial charge in [-0.1, -0.05) is 0 Å². The van der Waals surface area contributed by atoms with Crippen LogP contribution in [-0.4, -0.2) is 42.8 Å². The van der Waals surface area contributed by atoms with Gasteiger partial charge in [-0.3, -0.25) is 4.98 Å². The molecule has 1 aliphatic rings. The van der Waals surface area contributed by atoms with Gasteiger partial charge in [0.2, 0.25) is 0 Å². The van der Waals surface area contributed by atoms with Crippen LogP contribution in [0, 0.1) is 4.91 Å². The summed E-state index contributed by atoms with van der Waals surface area (Å²) in [5.41, 5.74) is 1.50. The summed E-state index contributed by atoms with van der Waals surface area (Å²) < 4.78 is 7.44. The molecule has 4 heterocycles. The van der Waals surface area contributed by atoms with Crippen molar-refractivity contribution in [3.8, 4) is 11.4 Å². The Morgan fingerprint density at radius 3 is 3.04 bits per heavy atom. The smallest absolute Gasteiger partial charge is 0.168 e. The summed E-state index contributed by atoms with van der Waals surface area (Å²) in [6, 6.07) is 0.146. The number of rotatable bonds is 4. The van der Waals surface area contributed by atoms with Crippen molar-refractivity contribution in [2.24, 2.45) is 5.18 Å². The molecule has 4 rings (SSSR count). The molecule has 3 aromatic heterocycles. The van der Waals surface area contributed by atoms with Gasteiger partial charge in [0.1, 0.15) is 0 Å². The first kappa shape index (κ1) is 16.5. The summed E-state index contributed by atoms with van der Waals surface area (Å²) in [4.78, 5) is 24.1. The molecule has 1 aliphatic heterocycles. The van der Waals surface area contributed by atoms with Crippen LogP contribution in [0.5, 0.6) is 0 Å². The van der Waals surface area contributed by atoms with E-state index in [1.165, 1.54) is 6.20 Å². The molecule has 0 amide bonds. The number of aromatic nitrogens is 5. The van der Waals surface area contributed by atoms with Crippen molar-refractivity contribution >= 4 is 17.0 Å². The Morgan fingerprint density at radius 2 is 2.23 bits per heavy atom. The van der Waals surface area contributed by atoms with Gasteiger partial charge in [-0.2, -0.15) is 5.10 Å². The molecule has 3 aromatic rings. The number of nitrogens with zero attached hydrogens (tertiary/aromatic N) is 6. The highest BCUT2D eigenvalue weighted by Gasteiger charge is 2.29. The normalized spacial score (nSPS) is 19.4. The highest BCUT2D eigenvalue weighted by molar-refractivity contribution is 5.76. The molecule has 1 unspecified atom stereocenters. The van der Waals surface area contributed by atoms with E-state index in [0.717, 1.165) is 23.9 Å². The van der Waals surface area contributed by atoms with Crippen LogP contribution in [0.25, 0.3) is 16.9 Å². The molecule has 1 saturated heterocycles. The van der Waals surface area contributed by atoms with Gasteiger partial charge in [-0.15, -0.1) is 4.91 Å². The van der Waals surface area contributed by atoms with Gasteiger partial charge >= 0.3 is 0 Å². The number of fused-ring (bicyclic) bond motifs is 1. The Morgan fingerprint density at radius 1 is 1.35 bits per heavy atom. The quantitative estimate of drug-likeness (QED) is 0.719. The molecule has 9 nitrogen and oxygen atoms in total. The maximum atomic E-state index is 11.2. The van der Waals surface area contributed by atoms with Crippen LogP contribution in [0.4, 0.5) is 11.5 Å². The largest absolute Gasteiger partial charge is 0.375 e. The van der Waals surface area contributed by atoms with E-state index in [0.29, 0.717) is 18.2 Å². The predicted molar refractivity (Wildman–Crippen MR) is 96.1 cm³/mol. The van der Waals surface area contributed by atoms with Crippen LogP contribution in [0.1, 0.15) is 26.7 Å². The van der Waals surface area contributed by atoms with Crippen LogP contribution < -0.4 is 5.32 Å². The number of nitrogens with one attached hydrogen (secondary N) is 1. The fraction of sp³-hybridized carbons (Fsp3) is 0.412. The van der Waals surface area contributed by atoms with Gasteiger partial charge in [0.05, 0.1) is 35.3 Å². The third-order valence-corrected chi connectivity index (χ3v) is 4.47. The molecule has 0 saturated carbocycles. The second-order valence-electron chi connectivity index (χ2n) is 6.93. The summed E-state index contributed by atoms with van der Waals surface area (Å²) in [6.07, 6.45) is 9.87. The third kappa shape index (κ3) is 3.13. The lowest BCUT2D eigenvalue weighted by Crippen LogP contribution is -2.40. The minimum atomic E-state index is -0.214. The van der Waals surface area contributed by atoms with E-state index in [1.807, 2.05) is 0 Å². The molecule has 0 bridgehead atoms. The van der Waals surface area contributed by atoms with Crippen molar-refractivity contribution in [2.75, 3.05) is 11.9 Å². The van der Waals surface area contributed by atoms with Gasteiger partial charge in [-0.25, -0.2) is 14.5 Å². The molecule has 1 N–H and O–H groups in total. The van der Waals surface area contributed by atoms with Gasteiger partial charge in [0, 0.05) is 25.0 Å². The lowest BCUT2D eigenvalue weighted by Gasteiger charge is -2.36. The topological polar surface area (TPSA) is 107 Å². The molecule has 0 aromatic carbocycles. The van der Waals surface area contributed by atoms with Crippen LogP contribution in [0.15, 0.2) is 36.2 Å². The Balaban J connectivity index is 1.68. The molecule has 9 heteroatoms. The first-order chi connectivity index (χ1) is 12.6. The first-order valence-corrected chi connectivity index (χ1v) is 8.44. The molecular weight excluding hydrogens is 334 g/mol. The highest BCUT2D eigenvalue weighted by Crippen LogP contribution is 2.31. The van der Waals surface area contributed by atoms with Crippen LogP contribution >= 0.6 is 0 Å². The van der Waals surface area contributed by atoms with Gasteiger partial charge in [0.15, 0.2) is 17.3 Å². The average Bonchev–Trinajstić information content (AvgIpc) is 3.05. The SMILES string of the molecule is CC1(C)CC(Nc2nc(-c3cnn4ccncc34)ncc2N=O)CCO1. The van der Waals surface area contributed by atoms with E-state index in [-0.39, 0.29) is 17.3 Å². The molecule has 26 heavy (non-hydrogen) atoms. The minimum absolute atomic E-state index is 0.146. The van der Waals surface area contributed by atoms with E-state index in [1.54, 1.807) is 29.3 Å². The summed E-state index contributed by atoms with van der Waals surface area (Å²) >= 11 is 0. The zero-order valence-corrected chi connectivity index (χ0v) is 14.6. The van der Waals surface area contributed by atoms with Crippen molar-refractivity contribution < 1.29 is 4.74 Å². The third-order valence-electron chi connectivity index (χ3n) is 4.47. The lowest BCUT2D eigenvalue weighted by atomic mass is 9.94. The molecule has 0 radical (unpaired) electrons. The number of nitroso groups, excluding NO2 is 1. The number of ether oxygens (including phenoxy) is 1. The Bertz CT molecular complexity index is 953. The number of hydrogen-bond acceptors (Lipinski definition) is 8. The predicted octanol–water partition coefficient (Wildman–Crippen LogP) is 2.95. The van der Waals surface area contributed by atoms with E-state index in [2.05, 4.69) is 44.4 Å². The van der Waals surface area contributed by atoms with Crippen molar-refractivity contribution in [3.63, 3.8) is 0 Å². The van der Waals surface area contributed by atoms with Crippen molar-refractivity contribution in [3.05, 3.63) is 35.9 Å². The van der Waals surface area contributed by atoms with Gasteiger partial charge in [-0.05, 0) is 31.9 Å². The van der Waals surface area contributed by atoms with Crippen LogP contribution in [0.3, 0.4) is 0 Å². The summed E-state index contributed by atoms with van der Waals surface area (Å²) in [7, 11) is 0. The second kappa shape index (κ2) is 6.41. The van der Waals surface area contributed by atoms with Gasteiger partial charge < -0.3 is 10.1 Å². The Hall–Kier alpha value is -2.94. The Labute approximate surface area is 149 Å². The maximum Gasteiger partial charge on any atom is 0.168 e. The fourth-order valence-electron chi connectivity index (χ4n) is 3.23. The summed E-state index contributed by atoms with van der Waals surface area (Å²) in [5.74, 6) is 0.894. The first-order valence-electron chi connectivity index (χ1n) is 8.44. The van der Waals surface area contributed by atoms with Crippen LogP contribution in [0.2, 0.25) is 0 Å². The number of anilines is 1. The monoisotopic (exact) mass is 353 g/mol. The molecule has 1 fully saturated rings. The van der Waals surface area contributed by atoms with Gasteiger partial charge in [0.25, 0.3) is 0 Å². The average molecular weight is 353 g/mol. The molecule has 1 atom stereocenters. The van der Waals surface area contributed by atoms with Crippen LogP contribution in [-0.2, 0) is 4.74 Å². The molecule has 0 aliphatic carbocycles. The fourth-order valence-corrected chi connectivity index (χ4v) is 3.23. The van der Waals surface area contributed by atoms with E-state index in [9.17, 15) is 4.91 Å². The Kier molecular flexibility index (Phi) is 4.08. The standard InChI is InChI=1S/C17H19N7O2/c1-17(2)7-11(3-6-26-17)21-16-13(23-25)9-19-15(22-16)12-8-20-24-5-4-18-10-14(12)24/h4-5,8-11H,3,6-7H2,1-2H3,(H,19,21,22). The highest BCUT2D eigenvalue weighted by atomic mass is 16.5. The zero-order valence-electron chi connectivity index (χ0n) is 14.6. The maximum absolute atomic E-state index is 11.2. The number of hydrogen-bond donors (Lipinski definition) is 1. The molecule has 134 valence electrons.